The van der Waals surface area contributed by atoms with Gasteiger partial charge in [-0.1, -0.05) is 64.0 Å². The average Bonchev–Trinajstić information content (AvgIpc) is 3.30. The summed E-state index contributed by atoms with van der Waals surface area (Å²) >= 11 is 0. The molecule has 0 aromatic carbocycles. The lowest BCUT2D eigenvalue weighted by Crippen LogP contribution is -2.03. The molecule has 23 heavy (non-hydrogen) atoms. The maximum atomic E-state index is 10.9. The van der Waals surface area contributed by atoms with Gasteiger partial charge in [-0.15, -0.1) is 0 Å². The molecule has 1 aliphatic heterocycles. The molecule has 1 rings (SSSR count). The molecule has 4 heteroatoms. The minimum absolute atomic E-state index is 0.124. The minimum Gasteiger partial charge on any atom is -0.469 e. The molecule has 0 aromatic rings. The smallest absolute Gasteiger partial charge is 0.305 e. The van der Waals surface area contributed by atoms with Gasteiger partial charge >= 0.3 is 5.97 Å². The van der Waals surface area contributed by atoms with Gasteiger partial charge in [0.05, 0.1) is 19.3 Å². The summed E-state index contributed by atoms with van der Waals surface area (Å²) in [6.45, 7) is 2.21. The Labute approximate surface area is 141 Å². The first-order chi connectivity index (χ1) is 11.2. The summed E-state index contributed by atoms with van der Waals surface area (Å²) in [6, 6.07) is 0. The van der Waals surface area contributed by atoms with Crippen molar-refractivity contribution < 1.29 is 19.4 Å². The van der Waals surface area contributed by atoms with Crippen molar-refractivity contribution in [1.29, 1.82) is 0 Å². The molecule has 0 saturated carbocycles. The van der Waals surface area contributed by atoms with Crippen molar-refractivity contribution in [2.45, 2.75) is 95.9 Å². The first kappa shape index (κ1) is 20.2. The predicted molar refractivity (Wildman–Crippen MR) is 92.3 cm³/mol. The maximum absolute atomic E-state index is 10.9. The average molecular weight is 326 g/mol. The van der Waals surface area contributed by atoms with E-state index in [1.54, 1.807) is 0 Å². The molecule has 0 bridgehead atoms. The fourth-order valence-corrected chi connectivity index (χ4v) is 2.74. The number of methoxy groups -OCH3 is 1. The number of epoxide rings is 1. The van der Waals surface area contributed by atoms with Crippen LogP contribution in [-0.4, -0.2) is 36.5 Å². The molecule has 0 aromatic heterocycles. The van der Waals surface area contributed by atoms with Crippen LogP contribution in [-0.2, 0) is 14.3 Å². The fourth-order valence-electron chi connectivity index (χ4n) is 2.74. The standard InChI is InChI=1S/C19H34O4/c1-3-4-8-12-17-18(23-17)15-14-16(20)11-9-6-5-7-10-13-19(21)22-2/h14-18,20H,3-13H2,1-2H3/b15-14+/t16-,17+,18+/m1/s1. The number of aliphatic hydroxyl groups excluding tert-OH is 1. The molecule has 4 nitrogen and oxygen atoms in total. The van der Waals surface area contributed by atoms with E-state index in [-0.39, 0.29) is 18.2 Å². The van der Waals surface area contributed by atoms with Crippen LogP contribution in [0.3, 0.4) is 0 Å². The molecular weight excluding hydrogens is 292 g/mol. The molecule has 1 N–H and O–H groups in total. The van der Waals surface area contributed by atoms with E-state index in [1.165, 1.54) is 26.4 Å². The Hall–Kier alpha value is -0.870. The first-order valence-corrected chi connectivity index (χ1v) is 9.26. The Morgan fingerprint density at radius 1 is 1.17 bits per heavy atom. The number of aliphatic hydroxyl groups is 1. The monoisotopic (exact) mass is 326 g/mol. The van der Waals surface area contributed by atoms with E-state index < -0.39 is 0 Å². The number of hydrogen-bond acceptors (Lipinski definition) is 4. The van der Waals surface area contributed by atoms with Crippen LogP contribution in [0.1, 0.15) is 77.6 Å². The zero-order valence-corrected chi connectivity index (χ0v) is 14.8. The van der Waals surface area contributed by atoms with Gasteiger partial charge in [-0.05, 0) is 19.3 Å². The number of ether oxygens (including phenoxy) is 2. The van der Waals surface area contributed by atoms with Crippen molar-refractivity contribution in [3.63, 3.8) is 0 Å². The molecular formula is C19H34O4. The number of unbranched alkanes of at least 4 members (excludes halogenated alkanes) is 6. The second kappa shape index (κ2) is 12.5. The quantitative estimate of drug-likeness (QED) is 0.225. The molecule has 0 radical (unpaired) electrons. The lowest BCUT2D eigenvalue weighted by Gasteiger charge is -2.05. The predicted octanol–water partition coefficient (Wildman–Crippen LogP) is 4.15. The highest BCUT2D eigenvalue weighted by atomic mass is 16.6. The van der Waals surface area contributed by atoms with Crippen molar-refractivity contribution in [3.05, 3.63) is 12.2 Å². The molecule has 134 valence electrons. The van der Waals surface area contributed by atoms with Gasteiger partial charge in [0, 0.05) is 6.42 Å². The topological polar surface area (TPSA) is 59.1 Å². The van der Waals surface area contributed by atoms with Crippen molar-refractivity contribution >= 4 is 5.97 Å². The number of hydrogen-bond donors (Lipinski definition) is 1. The summed E-state index contributed by atoms with van der Waals surface area (Å²) < 4.78 is 10.2. The number of esters is 1. The van der Waals surface area contributed by atoms with Gasteiger partial charge in [0.2, 0.25) is 0 Å². The van der Waals surface area contributed by atoms with Gasteiger partial charge in [-0.2, -0.15) is 0 Å². The van der Waals surface area contributed by atoms with Crippen molar-refractivity contribution in [2.75, 3.05) is 7.11 Å². The summed E-state index contributed by atoms with van der Waals surface area (Å²) in [7, 11) is 1.43. The lowest BCUT2D eigenvalue weighted by atomic mass is 10.1. The van der Waals surface area contributed by atoms with E-state index in [1.807, 2.05) is 12.2 Å². The highest BCUT2D eigenvalue weighted by Crippen LogP contribution is 2.28. The van der Waals surface area contributed by atoms with Gasteiger partial charge in [-0.25, -0.2) is 0 Å². The van der Waals surface area contributed by atoms with Crippen LogP contribution in [0.25, 0.3) is 0 Å². The minimum atomic E-state index is -0.356. The number of carbonyl (C=O) groups excluding carboxylic acids is 1. The van der Waals surface area contributed by atoms with E-state index >= 15 is 0 Å². The third kappa shape index (κ3) is 10.5. The Morgan fingerprint density at radius 3 is 2.65 bits per heavy atom. The number of rotatable bonds is 14. The maximum Gasteiger partial charge on any atom is 0.305 e. The van der Waals surface area contributed by atoms with Gasteiger partial charge in [0.25, 0.3) is 0 Å². The first-order valence-electron chi connectivity index (χ1n) is 9.26. The van der Waals surface area contributed by atoms with Crippen LogP contribution in [0.4, 0.5) is 0 Å². The van der Waals surface area contributed by atoms with Gasteiger partial charge in [0.15, 0.2) is 0 Å². The van der Waals surface area contributed by atoms with Crippen LogP contribution in [0.5, 0.6) is 0 Å². The zero-order valence-electron chi connectivity index (χ0n) is 14.8. The Bertz CT molecular complexity index is 340. The highest BCUT2D eigenvalue weighted by Gasteiger charge is 2.35. The molecule has 0 aliphatic carbocycles. The normalized spacial score (nSPS) is 21.5. The van der Waals surface area contributed by atoms with Crippen LogP contribution in [0.2, 0.25) is 0 Å². The van der Waals surface area contributed by atoms with Gasteiger partial charge < -0.3 is 14.6 Å². The molecule has 1 fully saturated rings. The fraction of sp³-hybridized carbons (Fsp3) is 0.842. The van der Waals surface area contributed by atoms with Crippen molar-refractivity contribution in [1.82, 2.24) is 0 Å². The summed E-state index contributed by atoms with van der Waals surface area (Å²) in [5.74, 6) is -0.124. The summed E-state index contributed by atoms with van der Waals surface area (Å²) in [4.78, 5) is 10.9. The van der Waals surface area contributed by atoms with E-state index in [0.717, 1.165) is 44.9 Å². The SMILES string of the molecule is CCCCC[C@@H]1O[C@H]1/C=C/[C@H](O)CCCCCCCC(=O)OC. The zero-order chi connectivity index (χ0) is 16.9. The van der Waals surface area contributed by atoms with Crippen molar-refractivity contribution in [3.8, 4) is 0 Å². The third-order valence-electron chi connectivity index (χ3n) is 4.35. The van der Waals surface area contributed by atoms with E-state index in [4.69, 9.17) is 4.74 Å². The summed E-state index contributed by atoms with van der Waals surface area (Å²) in [6.07, 6.45) is 15.6. The van der Waals surface area contributed by atoms with E-state index in [0.29, 0.717) is 12.5 Å². The summed E-state index contributed by atoms with van der Waals surface area (Å²) in [5, 5.41) is 9.93. The van der Waals surface area contributed by atoms with Crippen LogP contribution in [0, 0.1) is 0 Å². The largest absolute Gasteiger partial charge is 0.469 e. The molecule has 1 aliphatic rings. The second-order valence-electron chi connectivity index (χ2n) is 6.47. The van der Waals surface area contributed by atoms with Crippen LogP contribution < -0.4 is 0 Å². The lowest BCUT2D eigenvalue weighted by molar-refractivity contribution is -0.140. The molecule has 3 atom stereocenters. The Balaban J connectivity index is 1.92. The third-order valence-corrected chi connectivity index (χ3v) is 4.35. The summed E-state index contributed by atoms with van der Waals surface area (Å²) in [5.41, 5.74) is 0. The van der Waals surface area contributed by atoms with Crippen LogP contribution in [0.15, 0.2) is 12.2 Å². The molecule has 1 heterocycles. The van der Waals surface area contributed by atoms with Gasteiger partial charge in [0.1, 0.15) is 6.10 Å². The van der Waals surface area contributed by atoms with E-state index in [9.17, 15) is 9.90 Å². The van der Waals surface area contributed by atoms with Gasteiger partial charge in [-0.3, -0.25) is 4.79 Å². The molecule has 0 unspecified atom stereocenters. The molecule has 0 spiro atoms. The molecule has 1 saturated heterocycles. The Morgan fingerprint density at radius 2 is 1.91 bits per heavy atom. The number of carbonyl (C=O) groups is 1. The molecule has 0 amide bonds. The van der Waals surface area contributed by atoms with Crippen molar-refractivity contribution in [2.24, 2.45) is 0 Å². The highest BCUT2D eigenvalue weighted by molar-refractivity contribution is 5.68. The van der Waals surface area contributed by atoms with E-state index in [2.05, 4.69) is 11.7 Å². The Kier molecular flexibility index (Phi) is 11.0. The van der Waals surface area contributed by atoms with Crippen LogP contribution >= 0.6 is 0 Å². The second-order valence-corrected chi connectivity index (χ2v) is 6.47.